The molecule has 9 aliphatic rings. The van der Waals surface area contributed by atoms with Gasteiger partial charge < -0.3 is 105 Å². The third kappa shape index (κ3) is 22.9. The molecule has 9 aliphatic heterocycles. The molecule has 0 bridgehead atoms. The van der Waals surface area contributed by atoms with Gasteiger partial charge >= 0.3 is 29.0 Å². The first kappa shape index (κ1) is 107. The van der Waals surface area contributed by atoms with Gasteiger partial charge in [0.25, 0.3) is 5.91 Å². The number of aliphatic hydroxyl groups is 1. The molecule has 0 unspecified atom stereocenters. The van der Waals surface area contributed by atoms with Crippen LogP contribution < -0.4 is 28.6 Å². The molecule has 0 aliphatic carbocycles. The van der Waals surface area contributed by atoms with Crippen molar-refractivity contribution in [1.29, 1.82) is 0 Å². The summed E-state index contributed by atoms with van der Waals surface area (Å²) in [5.74, 6) is -11.6. The summed E-state index contributed by atoms with van der Waals surface area (Å²) in [6.07, 6.45) is 0.245. The molecule has 0 spiro atoms. The minimum atomic E-state index is -1.29. The molecule has 1 amide bonds. The number of carboxylic acids is 1. The van der Waals surface area contributed by atoms with E-state index in [0.29, 0.717) is 44.7 Å². The van der Waals surface area contributed by atoms with Gasteiger partial charge in [-0.1, -0.05) is 52.5 Å². The number of hydrogen-bond acceptors (Lipinski definition) is 33. The van der Waals surface area contributed by atoms with Gasteiger partial charge in [0.2, 0.25) is 0 Å². The fraction of sp³-hybridized carbons (Fsp3) is 0.474. The van der Waals surface area contributed by atoms with Crippen LogP contribution in [0.25, 0.3) is 44.7 Å². The fourth-order valence-electron chi connectivity index (χ4n) is 15.0. The molecule has 17 atom stereocenters. The Morgan fingerprint density at radius 3 is 1.20 bits per heavy atom. The van der Waals surface area contributed by atoms with Gasteiger partial charge in [0.05, 0.1) is 39.5 Å². The molecule has 9 fully saturated rings. The van der Waals surface area contributed by atoms with E-state index in [-0.39, 0.29) is 102 Å². The molecule has 17 heterocycles. The molecular formula is C78H87BrCl5F6MgN19O21. The van der Waals surface area contributed by atoms with E-state index in [2.05, 4.69) is 76.2 Å². The monoisotopic (exact) mass is 2020 g/mol. The van der Waals surface area contributed by atoms with Gasteiger partial charge in [-0.25, -0.2) is 97.1 Å². The Bertz CT molecular complexity index is 5770. The third-order valence-electron chi connectivity index (χ3n) is 20.4. The Labute approximate surface area is 793 Å². The van der Waals surface area contributed by atoms with E-state index in [0.717, 1.165) is 54.7 Å². The molecule has 9 saturated heterocycles. The zero-order valence-corrected chi connectivity index (χ0v) is 78.1. The summed E-state index contributed by atoms with van der Waals surface area (Å²) in [5.41, 5.74) is 5.91. The van der Waals surface area contributed by atoms with Gasteiger partial charge in [-0.05, 0) is 104 Å². The summed E-state index contributed by atoms with van der Waals surface area (Å²) in [6.45, 7) is 15.9. The Hall–Kier alpha value is -8.01. The Kier molecular flexibility index (Phi) is 36.0. The molecule has 20 rings (SSSR count). The van der Waals surface area contributed by atoms with E-state index in [4.69, 9.17) is 113 Å². The molecule has 3 aromatic carbocycles. The smallest absolute Gasteiger partial charge is 1.00 e. The Morgan fingerprint density at radius 1 is 0.504 bits per heavy atom. The van der Waals surface area contributed by atoms with Gasteiger partial charge in [-0.3, -0.25) is 37.1 Å². The number of halogens is 12. The molecular weight excluding hydrogens is 1930 g/mol. The van der Waals surface area contributed by atoms with Crippen molar-refractivity contribution in [2.45, 2.75) is 196 Å². The summed E-state index contributed by atoms with van der Waals surface area (Å²) in [6, 6.07) is 11.8. The maximum absolute atomic E-state index is 13.7. The number of aliphatic carboxylic acids is 1. The zero-order valence-electron chi connectivity index (χ0n) is 71.3. The van der Waals surface area contributed by atoms with E-state index >= 15 is 0 Å². The summed E-state index contributed by atoms with van der Waals surface area (Å²) in [5, 5.41) is 22.2. The number of fused-ring (bicyclic) bond motifs is 8. The number of benzene rings is 3. The predicted molar refractivity (Wildman–Crippen MR) is 445 cm³/mol. The maximum Gasteiger partial charge on any atom is 2.00 e. The van der Waals surface area contributed by atoms with E-state index < -0.39 is 174 Å². The molecule has 131 heavy (non-hydrogen) atoms. The number of nitrogens with zero attached hydrogens (tertiary/aromatic N) is 17. The first-order valence-corrected chi connectivity index (χ1v) is 40.0. The number of rotatable bonds is 12. The number of ketones is 1. The second-order valence-electron chi connectivity index (χ2n) is 30.6. The number of Topliss-reactive ketones (excluding diaryl/α,β-unsaturated/α-hetero) is 1. The number of nitrogens with one attached hydrogen (secondary N) is 1. The van der Waals surface area contributed by atoms with Crippen LogP contribution in [0.15, 0.2) is 105 Å². The number of imidazole rings is 4. The van der Waals surface area contributed by atoms with E-state index in [9.17, 15) is 50.9 Å². The number of hydroxylamine groups is 3. The van der Waals surface area contributed by atoms with Crippen molar-refractivity contribution in [2.24, 2.45) is 0 Å². The number of likely N-dealkylation sites (N-methyl/N-ethyl adjacent to an activating group) is 1. The van der Waals surface area contributed by atoms with Crippen LogP contribution in [0.5, 0.6) is 0 Å². The standard InChI is InChI=1S/C19H17ClF2N4O4.C19H15ClF2N4O4.C15H18ClN5O5.C13H13ClN4O5.C6H3F2.C4H8O.C2H7NO.BrH.ClH.Mg.H3N.H2O/c2*1-19(2)29-14-13(12(27)8-3-4-9(21)10(22)5-8)28-18(15(14)30-19)26-7-25-11-16(20)23-6-24-17(11)26;1-15(2)25-8-9(13(22)20(3)23-4)24-14(10(8)26-15)21-6-19-7-11(16)17-5-18-12(7)21;1-13(2)22-6-7(23-13)11(21-8(6)12(19)20)18-4-17-5-9(14)15-3-16-10(5)18;7-5-3-1-2-4-6(5)8;1-2-4-5-3-1;1-3-4-2;;;;;/h3-7,12-15,18,27H,1-2H3;3-7,13-15,18H,1-2H3;5-6,8-10,14H,1-4H3;3-4,6-8,11H,1-2H3,(H,19,20);1,3-4H;1-4H2;3H,1-2H3;2*1H;;1H3;1H2/q;;;;-1;;;;;+2;;/p-1/t12-,13-,14-,15-,18-;13-,14-,15-,18-;8-,9+,10-,14-;6-,7+,8-,11+;;;;;;;;/m1110......../s1. The second kappa shape index (κ2) is 44.2. The van der Waals surface area contributed by atoms with Crippen molar-refractivity contribution in [2.75, 3.05) is 41.5 Å². The molecule has 8 N–H and O–H groups in total. The van der Waals surface area contributed by atoms with Crippen molar-refractivity contribution in [1.82, 2.24) is 94.8 Å². The third-order valence-corrected chi connectivity index (χ3v) is 21.5. The quantitative estimate of drug-likeness (QED) is 0.0250. The van der Waals surface area contributed by atoms with Crippen molar-refractivity contribution in [3.05, 3.63) is 178 Å². The summed E-state index contributed by atoms with van der Waals surface area (Å²) >= 11 is 24.2. The number of amides is 1. The summed E-state index contributed by atoms with van der Waals surface area (Å²) in [7, 11) is 6.19. The number of carbonyl (C=O) groups is 3. The SMILES string of the molecule is C1CCOC1.CC1(C)O[C@@H]2[C@H](O1)[C@@H](C(=O)O)O[C@H]2n1cnc2c(Cl)ncnc21.CC1(C)O[C@@H]2[C@H](O1)[C@@H](C(=O)c1ccc(F)c(F)c1)O[C@H]2n1cnc2c(Cl)ncnc21.CC1(C)O[C@H]2[C@@H](O1)[C@H](n1cnc3c(Cl)ncnc31)O[C@@H]2[C@H](O)c1ccc(F)c(F)c1.CNOC.CON(C)C(=O)[C@H]1O[C@@H](n2cnc3c(Cl)ncnc32)[C@@H]2OC(C)(C)O[C@@H]21.Cl.Fc1c[c-]ccc1F.N.O.[Br-].[Mg+2]. The normalized spacial score (nSPS) is 26.2. The minimum Gasteiger partial charge on any atom is -1.00 e. The predicted octanol–water partition coefficient (Wildman–Crippen LogP) is 6.58. The number of aliphatic hydroxyl groups excluding tert-OH is 1. The molecule has 0 saturated carbocycles. The van der Waals surface area contributed by atoms with Crippen LogP contribution in [0, 0.1) is 41.0 Å². The average molecular weight is 2020 g/mol. The van der Waals surface area contributed by atoms with Gasteiger partial charge in [-0.15, -0.1) is 24.5 Å². The number of carbonyl (C=O) groups excluding carboxylic acids is 2. The molecule has 706 valence electrons. The van der Waals surface area contributed by atoms with Crippen LogP contribution >= 0.6 is 58.8 Å². The van der Waals surface area contributed by atoms with E-state index in [1.165, 1.54) is 95.8 Å². The molecule has 53 heteroatoms. The van der Waals surface area contributed by atoms with Gasteiger partial charge in [-0.2, -0.15) is 12.1 Å². The van der Waals surface area contributed by atoms with Crippen molar-refractivity contribution < 1.29 is 145 Å². The zero-order chi connectivity index (χ0) is 90.3. The maximum atomic E-state index is 13.7. The molecule has 40 nitrogen and oxygen atoms in total. The van der Waals surface area contributed by atoms with Gasteiger partial charge in [0, 0.05) is 44.5 Å². The van der Waals surface area contributed by atoms with Crippen LogP contribution in [0.2, 0.25) is 20.6 Å². The Morgan fingerprint density at radius 2 is 0.847 bits per heavy atom. The van der Waals surface area contributed by atoms with Crippen molar-refractivity contribution in [3.63, 3.8) is 0 Å². The summed E-state index contributed by atoms with van der Waals surface area (Å²) < 4.78 is 160. The van der Waals surface area contributed by atoms with Crippen molar-refractivity contribution in [3.8, 4) is 0 Å². The molecule has 0 radical (unpaired) electrons. The van der Waals surface area contributed by atoms with E-state index in [1.807, 2.05) is 0 Å². The topological polar surface area (TPSA) is 486 Å². The van der Waals surface area contributed by atoms with Gasteiger partial charge in [0.15, 0.2) is 139 Å². The van der Waals surface area contributed by atoms with Gasteiger partial charge in [0.1, 0.15) is 108 Å². The number of ether oxygens (including phenoxy) is 13. The largest absolute Gasteiger partial charge is 2.00 e. The van der Waals surface area contributed by atoms with E-state index in [1.54, 1.807) is 87.8 Å². The van der Waals surface area contributed by atoms with Crippen LogP contribution in [0.3, 0.4) is 0 Å². The molecule has 8 aromatic heterocycles. The number of hydrogen-bond donors (Lipinski definition) is 4. The average Bonchev–Trinajstić information content (AvgIpc) is 1.59. The number of aromatic nitrogens is 16. The Balaban J connectivity index is 0.000000183. The van der Waals surface area contributed by atoms with Crippen LogP contribution in [0.1, 0.15) is 115 Å². The minimum absolute atomic E-state index is 0. The number of carboxylic acid groups (broad SMARTS) is 1. The first-order chi connectivity index (χ1) is 59.9. The van der Waals surface area contributed by atoms with Crippen LogP contribution in [-0.2, 0) is 80.8 Å². The first-order valence-electron chi connectivity index (χ1n) is 38.5. The van der Waals surface area contributed by atoms with Crippen LogP contribution in [0.4, 0.5) is 26.3 Å². The van der Waals surface area contributed by atoms with Crippen molar-refractivity contribution >= 4 is 144 Å². The second-order valence-corrected chi connectivity index (χ2v) is 32.0. The molecule has 11 aromatic rings. The van der Waals surface area contributed by atoms with Crippen LogP contribution in [-0.4, -0.2) is 277 Å². The summed E-state index contributed by atoms with van der Waals surface area (Å²) in [4.78, 5) is 95.7. The fourth-order valence-corrected chi connectivity index (χ4v) is 15.7.